The maximum Gasteiger partial charge on any atom is 0.246 e. The average molecular weight is 199 g/mol. The highest BCUT2D eigenvalue weighted by Gasteiger charge is 2.25. The maximum absolute atomic E-state index is 11.3. The third-order valence-electron chi connectivity index (χ3n) is 2.61. The Labute approximate surface area is 86.2 Å². The van der Waals surface area contributed by atoms with E-state index < -0.39 is 0 Å². The molecule has 14 heavy (non-hydrogen) atoms. The highest BCUT2D eigenvalue weighted by Crippen LogP contribution is 2.33. The van der Waals surface area contributed by atoms with Gasteiger partial charge in [-0.25, -0.2) is 0 Å². The molecule has 0 aromatic rings. The third kappa shape index (κ3) is 4.61. The summed E-state index contributed by atoms with van der Waals surface area (Å²) in [5.74, 6) is 0.895. The largest absolute Gasteiger partial charge is 0.372 e. The van der Waals surface area contributed by atoms with Crippen LogP contribution in [0.4, 0.5) is 0 Å². The zero-order valence-electron chi connectivity index (χ0n) is 9.21. The molecule has 1 aliphatic carbocycles. The van der Waals surface area contributed by atoms with E-state index in [2.05, 4.69) is 12.2 Å². The van der Waals surface area contributed by atoms with Gasteiger partial charge in [0.15, 0.2) is 0 Å². The lowest BCUT2D eigenvalue weighted by molar-refractivity contribution is -0.126. The summed E-state index contributed by atoms with van der Waals surface area (Å²) < 4.78 is 5.05. The molecule has 1 unspecified atom stereocenters. The Morgan fingerprint density at radius 1 is 1.50 bits per heavy atom. The fourth-order valence-corrected chi connectivity index (χ4v) is 1.55. The molecule has 0 bridgehead atoms. The lowest BCUT2D eigenvalue weighted by Gasteiger charge is -2.16. The lowest BCUT2D eigenvalue weighted by Crippen LogP contribution is -2.37. The fourth-order valence-electron chi connectivity index (χ4n) is 1.55. The summed E-state index contributed by atoms with van der Waals surface area (Å²) >= 11 is 0. The van der Waals surface area contributed by atoms with Crippen molar-refractivity contribution in [1.29, 1.82) is 0 Å². The molecule has 1 fully saturated rings. The second-order valence-electron chi connectivity index (χ2n) is 3.99. The highest BCUT2D eigenvalue weighted by molar-refractivity contribution is 5.77. The smallest absolute Gasteiger partial charge is 0.246 e. The number of carbonyl (C=O) groups is 1. The molecule has 1 rings (SSSR count). The van der Waals surface area contributed by atoms with E-state index in [9.17, 15) is 4.79 Å². The molecule has 82 valence electrons. The van der Waals surface area contributed by atoms with Crippen LogP contribution in [0, 0.1) is 5.92 Å². The van der Waals surface area contributed by atoms with E-state index in [4.69, 9.17) is 4.74 Å². The minimum absolute atomic E-state index is 0.0272. The highest BCUT2D eigenvalue weighted by atomic mass is 16.5. The second-order valence-corrected chi connectivity index (χ2v) is 3.99. The van der Waals surface area contributed by atoms with Crippen LogP contribution in [-0.2, 0) is 9.53 Å². The summed E-state index contributed by atoms with van der Waals surface area (Å²) in [6.45, 7) is 4.83. The number of nitrogens with one attached hydrogen (secondary N) is 1. The van der Waals surface area contributed by atoms with Crippen LogP contribution in [0.1, 0.15) is 39.5 Å². The summed E-state index contributed by atoms with van der Waals surface area (Å²) in [5, 5.41) is 3.01. The molecule has 1 atom stereocenters. The molecule has 0 heterocycles. The predicted octanol–water partition coefficient (Wildman–Crippen LogP) is 1.72. The standard InChI is InChI=1S/C11H21NO2/c1-3-10(7-9-5-6-9)12-11(13)8-14-4-2/h9-10H,3-8H2,1-2H3,(H,12,13). The van der Waals surface area contributed by atoms with Gasteiger partial charge >= 0.3 is 0 Å². The van der Waals surface area contributed by atoms with Gasteiger partial charge < -0.3 is 10.1 Å². The van der Waals surface area contributed by atoms with E-state index in [0.717, 1.165) is 18.8 Å². The number of rotatable bonds is 7. The topological polar surface area (TPSA) is 38.3 Å². The van der Waals surface area contributed by atoms with E-state index in [0.29, 0.717) is 12.6 Å². The zero-order valence-corrected chi connectivity index (χ0v) is 9.21. The van der Waals surface area contributed by atoms with Gasteiger partial charge in [-0.1, -0.05) is 19.8 Å². The molecule has 0 aliphatic heterocycles. The van der Waals surface area contributed by atoms with Crippen molar-refractivity contribution >= 4 is 5.91 Å². The minimum Gasteiger partial charge on any atom is -0.372 e. The van der Waals surface area contributed by atoms with Gasteiger partial charge in [0.2, 0.25) is 5.91 Å². The summed E-state index contributed by atoms with van der Waals surface area (Å²) in [6, 6.07) is 0.357. The fraction of sp³-hybridized carbons (Fsp3) is 0.909. The Morgan fingerprint density at radius 2 is 2.21 bits per heavy atom. The summed E-state index contributed by atoms with van der Waals surface area (Å²) in [5.41, 5.74) is 0. The number of ether oxygens (including phenoxy) is 1. The van der Waals surface area contributed by atoms with Crippen LogP contribution in [0.2, 0.25) is 0 Å². The Bertz CT molecular complexity index is 178. The van der Waals surface area contributed by atoms with Crippen LogP contribution < -0.4 is 5.32 Å². The molecule has 0 spiro atoms. The molecule has 0 saturated heterocycles. The monoisotopic (exact) mass is 199 g/mol. The third-order valence-corrected chi connectivity index (χ3v) is 2.61. The first kappa shape index (κ1) is 11.5. The van der Waals surface area contributed by atoms with Crippen molar-refractivity contribution in [2.45, 2.75) is 45.6 Å². The first-order valence-electron chi connectivity index (χ1n) is 5.63. The maximum atomic E-state index is 11.3. The van der Waals surface area contributed by atoms with Gasteiger partial charge in [0, 0.05) is 12.6 Å². The molecule has 3 heteroatoms. The molecule has 1 aliphatic rings. The average Bonchev–Trinajstić information content (AvgIpc) is 2.97. The van der Waals surface area contributed by atoms with Crippen LogP contribution in [-0.4, -0.2) is 25.2 Å². The van der Waals surface area contributed by atoms with Gasteiger partial charge in [-0.15, -0.1) is 0 Å². The van der Waals surface area contributed by atoms with Crippen LogP contribution >= 0.6 is 0 Å². The molecule has 1 N–H and O–H groups in total. The van der Waals surface area contributed by atoms with Crippen molar-refractivity contribution in [3.05, 3.63) is 0 Å². The number of carbonyl (C=O) groups excluding carboxylic acids is 1. The number of amides is 1. The summed E-state index contributed by atoms with van der Waals surface area (Å²) in [6.07, 6.45) is 4.86. The zero-order chi connectivity index (χ0) is 10.4. The van der Waals surface area contributed by atoms with Crippen LogP contribution in [0.15, 0.2) is 0 Å². The number of hydrogen-bond donors (Lipinski definition) is 1. The van der Waals surface area contributed by atoms with E-state index in [1.807, 2.05) is 6.92 Å². The van der Waals surface area contributed by atoms with E-state index in [-0.39, 0.29) is 12.5 Å². The van der Waals surface area contributed by atoms with E-state index in [1.165, 1.54) is 12.8 Å². The molecule has 1 saturated carbocycles. The summed E-state index contributed by atoms with van der Waals surface area (Å²) in [4.78, 5) is 11.3. The second kappa shape index (κ2) is 6.02. The lowest BCUT2D eigenvalue weighted by atomic mass is 10.1. The van der Waals surface area contributed by atoms with Gasteiger partial charge in [-0.2, -0.15) is 0 Å². The Kier molecular flexibility index (Phi) is 4.94. The molecular formula is C11H21NO2. The molecule has 0 radical (unpaired) electrons. The predicted molar refractivity (Wildman–Crippen MR) is 56.1 cm³/mol. The first-order chi connectivity index (χ1) is 6.76. The van der Waals surface area contributed by atoms with Crippen molar-refractivity contribution in [3.63, 3.8) is 0 Å². The molecular weight excluding hydrogens is 178 g/mol. The number of hydrogen-bond acceptors (Lipinski definition) is 2. The van der Waals surface area contributed by atoms with Crippen LogP contribution in [0.25, 0.3) is 0 Å². The normalized spacial score (nSPS) is 17.9. The van der Waals surface area contributed by atoms with Gasteiger partial charge in [0.05, 0.1) is 0 Å². The Hall–Kier alpha value is -0.570. The SMILES string of the molecule is CCOCC(=O)NC(CC)CC1CC1. The Morgan fingerprint density at radius 3 is 2.71 bits per heavy atom. The Balaban J connectivity index is 2.13. The van der Waals surface area contributed by atoms with Gasteiger partial charge in [-0.05, 0) is 25.7 Å². The minimum atomic E-state index is 0.0272. The van der Waals surface area contributed by atoms with Crippen molar-refractivity contribution in [2.75, 3.05) is 13.2 Å². The van der Waals surface area contributed by atoms with E-state index >= 15 is 0 Å². The van der Waals surface area contributed by atoms with Crippen molar-refractivity contribution in [3.8, 4) is 0 Å². The molecule has 0 aromatic heterocycles. The molecule has 1 amide bonds. The quantitative estimate of drug-likeness (QED) is 0.678. The molecule has 0 aromatic carbocycles. The van der Waals surface area contributed by atoms with Crippen LogP contribution in [0.3, 0.4) is 0 Å². The van der Waals surface area contributed by atoms with Gasteiger partial charge in [0.25, 0.3) is 0 Å². The van der Waals surface area contributed by atoms with Gasteiger partial charge in [-0.3, -0.25) is 4.79 Å². The summed E-state index contributed by atoms with van der Waals surface area (Å²) in [7, 11) is 0. The van der Waals surface area contributed by atoms with Crippen LogP contribution in [0.5, 0.6) is 0 Å². The van der Waals surface area contributed by atoms with Crippen molar-refractivity contribution in [1.82, 2.24) is 5.32 Å². The molecule has 3 nitrogen and oxygen atoms in total. The van der Waals surface area contributed by atoms with E-state index in [1.54, 1.807) is 0 Å². The first-order valence-corrected chi connectivity index (χ1v) is 5.63. The van der Waals surface area contributed by atoms with Crippen molar-refractivity contribution < 1.29 is 9.53 Å². The van der Waals surface area contributed by atoms with Crippen molar-refractivity contribution in [2.24, 2.45) is 5.92 Å². The van der Waals surface area contributed by atoms with Gasteiger partial charge in [0.1, 0.15) is 6.61 Å².